The number of rotatable bonds is 4. The Hall–Kier alpha value is -2.60. The van der Waals surface area contributed by atoms with Gasteiger partial charge in [0.2, 0.25) is 0 Å². The summed E-state index contributed by atoms with van der Waals surface area (Å²) in [6.07, 6.45) is 2.28. The van der Waals surface area contributed by atoms with Crippen molar-refractivity contribution in [3.8, 4) is 0 Å². The lowest BCUT2D eigenvalue weighted by Crippen LogP contribution is -2.28. The van der Waals surface area contributed by atoms with Gasteiger partial charge in [-0.2, -0.15) is 5.10 Å². The third kappa shape index (κ3) is 2.41. The summed E-state index contributed by atoms with van der Waals surface area (Å²) in [5.74, 6) is 0.175. The maximum atomic E-state index is 12.0. The van der Waals surface area contributed by atoms with Crippen LogP contribution in [0.3, 0.4) is 0 Å². The molecular weight excluding hydrogens is 258 g/mol. The average Bonchev–Trinajstić information content (AvgIpc) is 3.13. The van der Waals surface area contributed by atoms with Gasteiger partial charge < -0.3 is 14.8 Å². The maximum absolute atomic E-state index is 12.0. The number of hydrogen-bond acceptors (Lipinski definition) is 4. The van der Waals surface area contributed by atoms with E-state index in [9.17, 15) is 9.90 Å². The molecule has 0 saturated heterocycles. The van der Waals surface area contributed by atoms with Gasteiger partial charge in [0, 0.05) is 10.9 Å². The van der Waals surface area contributed by atoms with E-state index in [1.807, 2.05) is 0 Å². The highest BCUT2D eigenvalue weighted by molar-refractivity contribution is 5.97. The molecule has 0 aliphatic carbocycles. The number of furan rings is 1. The molecule has 0 bridgehead atoms. The number of aliphatic hydroxyl groups excluding tert-OH is 1. The summed E-state index contributed by atoms with van der Waals surface area (Å²) < 4.78 is 5.07. The molecule has 0 aliphatic heterocycles. The number of H-pyrrole nitrogens is 1. The van der Waals surface area contributed by atoms with E-state index in [2.05, 4.69) is 15.5 Å². The van der Waals surface area contributed by atoms with Gasteiger partial charge >= 0.3 is 0 Å². The standard InChI is InChI=1S/C14H13N3O3/c18-12(13-2-1-5-20-13)8-15-14(19)9-3-4-11-10(6-9)7-16-17-11/h1-7,12,18H,8H2,(H,15,19)(H,16,17). The minimum Gasteiger partial charge on any atom is -0.467 e. The number of benzene rings is 1. The zero-order valence-corrected chi connectivity index (χ0v) is 10.5. The van der Waals surface area contributed by atoms with Crippen LogP contribution in [0.1, 0.15) is 22.2 Å². The molecule has 1 unspecified atom stereocenters. The van der Waals surface area contributed by atoms with E-state index in [1.54, 1.807) is 36.5 Å². The van der Waals surface area contributed by atoms with Crippen LogP contribution in [-0.4, -0.2) is 27.8 Å². The van der Waals surface area contributed by atoms with E-state index in [0.29, 0.717) is 11.3 Å². The Morgan fingerprint density at radius 2 is 2.35 bits per heavy atom. The maximum Gasteiger partial charge on any atom is 0.251 e. The smallest absolute Gasteiger partial charge is 0.251 e. The molecule has 2 aromatic heterocycles. The first-order chi connectivity index (χ1) is 9.74. The second kappa shape index (κ2) is 5.18. The second-order valence-corrected chi connectivity index (χ2v) is 4.41. The van der Waals surface area contributed by atoms with Crippen LogP contribution in [0.5, 0.6) is 0 Å². The second-order valence-electron chi connectivity index (χ2n) is 4.41. The first kappa shape index (κ1) is 12.4. The molecule has 6 nitrogen and oxygen atoms in total. The van der Waals surface area contributed by atoms with Crippen LogP contribution in [0.4, 0.5) is 0 Å². The van der Waals surface area contributed by atoms with Crippen LogP contribution in [0.25, 0.3) is 10.9 Å². The number of carbonyl (C=O) groups excluding carboxylic acids is 1. The number of nitrogens with zero attached hydrogens (tertiary/aromatic N) is 1. The van der Waals surface area contributed by atoms with Gasteiger partial charge in [-0.05, 0) is 30.3 Å². The fourth-order valence-corrected chi connectivity index (χ4v) is 1.96. The molecule has 102 valence electrons. The number of carbonyl (C=O) groups is 1. The van der Waals surface area contributed by atoms with E-state index < -0.39 is 6.10 Å². The Kier molecular flexibility index (Phi) is 3.22. The third-order valence-corrected chi connectivity index (χ3v) is 3.03. The number of nitrogens with one attached hydrogen (secondary N) is 2. The normalized spacial score (nSPS) is 12.4. The summed E-state index contributed by atoms with van der Waals surface area (Å²) in [5.41, 5.74) is 1.39. The van der Waals surface area contributed by atoms with Gasteiger partial charge in [-0.1, -0.05) is 0 Å². The van der Waals surface area contributed by atoms with E-state index >= 15 is 0 Å². The Morgan fingerprint density at radius 3 is 3.15 bits per heavy atom. The van der Waals surface area contributed by atoms with Crippen LogP contribution >= 0.6 is 0 Å². The molecule has 1 atom stereocenters. The average molecular weight is 271 g/mol. The van der Waals surface area contributed by atoms with Crippen LogP contribution in [0.15, 0.2) is 47.2 Å². The van der Waals surface area contributed by atoms with Crippen molar-refractivity contribution in [2.45, 2.75) is 6.10 Å². The van der Waals surface area contributed by atoms with Crippen LogP contribution in [0, 0.1) is 0 Å². The Morgan fingerprint density at radius 1 is 1.45 bits per heavy atom. The van der Waals surface area contributed by atoms with Gasteiger partial charge in [0.25, 0.3) is 5.91 Å². The molecule has 3 rings (SSSR count). The highest BCUT2D eigenvalue weighted by Crippen LogP contribution is 2.14. The van der Waals surface area contributed by atoms with Gasteiger partial charge in [0.05, 0.1) is 24.5 Å². The van der Waals surface area contributed by atoms with E-state index in [4.69, 9.17) is 4.42 Å². The van der Waals surface area contributed by atoms with Crippen molar-refractivity contribution in [3.05, 3.63) is 54.1 Å². The fourth-order valence-electron chi connectivity index (χ4n) is 1.96. The Balaban J connectivity index is 1.66. The van der Waals surface area contributed by atoms with E-state index in [0.717, 1.165) is 10.9 Å². The molecule has 3 N–H and O–H groups in total. The third-order valence-electron chi connectivity index (χ3n) is 3.03. The van der Waals surface area contributed by atoms with Crippen molar-refractivity contribution < 1.29 is 14.3 Å². The summed E-state index contributed by atoms with van der Waals surface area (Å²) in [6, 6.07) is 8.59. The molecule has 0 radical (unpaired) electrons. The minimum absolute atomic E-state index is 0.0930. The first-order valence-electron chi connectivity index (χ1n) is 6.17. The number of aliphatic hydroxyl groups is 1. The summed E-state index contributed by atoms with van der Waals surface area (Å²) in [5, 5.41) is 20.1. The van der Waals surface area contributed by atoms with Gasteiger partial charge in [0.1, 0.15) is 11.9 Å². The molecule has 0 aliphatic rings. The largest absolute Gasteiger partial charge is 0.467 e. The fraction of sp³-hybridized carbons (Fsp3) is 0.143. The van der Waals surface area contributed by atoms with Gasteiger partial charge in [-0.15, -0.1) is 0 Å². The van der Waals surface area contributed by atoms with Crippen LogP contribution in [-0.2, 0) is 0 Å². The molecule has 1 aromatic carbocycles. The number of amides is 1. The molecule has 6 heteroatoms. The predicted octanol–water partition coefficient (Wildman–Crippen LogP) is 1.62. The molecule has 2 heterocycles. The minimum atomic E-state index is -0.855. The topological polar surface area (TPSA) is 91.1 Å². The number of aromatic nitrogens is 2. The summed E-state index contributed by atoms with van der Waals surface area (Å²) in [4.78, 5) is 12.0. The monoisotopic (exact) mass is 271 g/mol. The number of aromatic amines is 1. The Labute approximate surface area is 114 Å². The quantitative estimate of drug-likeness (QED) is 0.672. The lowest BCUT2D eigenvalue weighted by atomic mass is 10.1. The van der Waals surface area contributed by atoms with Crippen molar-refractivity contribution in [3.63, 3.8) is 0 Å². The van der Waals surface area contributed by atoms with Gasteiger partial charge in [-0.25, -0.2) is 0 Å². The SMILES string of the molecule is O=C(NCC(O)c1ccco1)c1ccc2[nH]ncc2c1. The molecule has 20 heavy (non-hydrogen) atoms. The molecule has 0 fully saturated rings. The zero-order chi connectivity index (χ0) is 13.9. The van der Waals surface area contributed by atoms with Gasteiger partial charge in [0.15, 0.2) is 0 Å². The highest BCUT2D eigenvalue weighted by atomic mass is 16.4. The number of fused-ring (bicyclic) bond motifs is 1. The summed E-state index contributed by atoms with van der Waals surface area (Å²) >= 11 is 0. The molecule has 0 saturated carbocycles. The molecule has 1 amide bonds. The highest BCUT2D eigenvalue weighted by Gasteiger charge is 2.13. The van der Waals surface area contributed by atoms with Crippen molar-refractivity contribution >= 4 is 16.8 Å². The van der Waals surface area contributed by atoms with Crippen LogP contribution in [0.2, 0.25) is 0 Å². The van der Waals surface area contributed by atoms with Crippen molar-refractivity contribution in [1.29, 1.82) is 0 Å². The van der Waals surface area contributed by atoms with E-state index in [1.165, 1.54) is 6.26 Å². The molecule has 3 aromatic rings. The van der Waals surface area contributed by atoms with Crippen molar-refractivity contribution in [1.82, 2.24) is 15.5 Å². The summed E-state index contributed by atoms with van der Waals surface area (Å²) in [6.45, 7) is 0.0930. The molecular formula is C14H13N3O3. The summed E-state index contributed by atoms with van der Waals surface area (Å²) in [7, 11) is 0. The van der Waals surface area contributed by atoms with Crippen molar-refractivity contribution in [2.75, 3.05) is 6.54 Å². The Bertz CT molecular complexity index is 718. The zero-order valence-electron chi connectivity index (χ0n) is 10.5. The number of hydrogen-bond donors (Lipinski definition) is 3. The first-order valence-corrected chi connectivity index (χ1v) is 6.17. The molecule has 0 spiro atoms. The van der Waals surface area contributed by atoms with Gasteiger partial charge in [-0.3, -0.25) is 9.89 Å². The van der Waals surface area contributed by atoms with E-state index in [-0.39, 0.29) is 12.5 Å². The predicted molar refractivity (Wildman–Crippen MR) is 72.1 cm³/mol. The van der Waals surface area contributed by atoms with Crippen LogP contribution < -0.4 is 5.32 Å². The lowest BCUT2D eigenvalue weighted by molar-refractivity contribution is 0.0901. The lowest BCUT2D eigenvalue weighted by Gasteiger charge is -2.09. The van der Waals surface area contributed by atoms with Crippen molar-refractivity contribution in [2.24, 2.45) is 0 Å².